The highest BCUT2D eigenvalue weighted by molar-refractivity contribution is 5.96. The van der Waals surface area contributed by atoms with Crippen molar-refractivity contribution in [3.63, 3.8) is 0 Å². The zero-order valence-corrected chi connectivity index (χ0v) is 10.7. The smallest absolute Gasteiger partial charge is 0.323 e. The van der Waals surface area contributed by atoms with E-state index in [2.05, 4.69) is 0 Å². The minimum Gasteiger partial charge on any atom is -0.480 e. The third-order valence-electron chi connectivity index (χ3n) is 2.46. The zero-order chi connectivity index (χ0) is 13.9. The molecule has 0 saturated carbocycles. The molecule has 0 aromatic heterocycles. The van der Waals surface area contributed by atoms with Crippen molar-refractivity contribution in [3.8, 4) is 0 Å². The number of likely N-dealkylation sites (N-methyl/N-ethyl adjacent to an activating group) is 1. The SMILES string of the molecule is CN(C)C(=O)c1ccc(N(C)CC(=O)O)c(N)c1. The number of aliphatic carboxylic acids is 1. The Kier molecular flexibility index (Phi) is 4.14. The van der Waals surface area contributed by atoms with E-state index >= 15 is 0 Å². The van der Waals surface area contributed by atoms with Gasteiger partial charge in [-0.25, -0.2) is 0 Å². The maximum atomic E-state index is 11.7. The van der Waals surface area contributed by atoms with Gasteiger partial charge in [-0.3, -0.25) is 9.59 Å². The molecule has 0 spiro atoms. The summed E-state index contributed by atoms with van der Waals surface area (Å²) in [5.74, 6) is -1.08. The third kappa shape index (κ3) is 3.13. The molecule has 6 nitrogen and oxygen atoms in total. The number of benzene rings is 1. The Balaban J connectivity index is 2.99. The van der Waals surface area contributed by atoms with Crippen LogP contribution in [-0.4, -0.2) is 49.6 Å². The molecule has 0 aliphatic heterocycles. The van der Waals surface area contributed by atoms with Gasteiger partial charge in [-0.2, -0.15) is 0 Å². The van der Waals surface area contributed by atoms with Gasteiger partial charge in [-0.15, -0.1) is 0 Å². The van der Waals surface area contributed by atoms with E-state index in [-0.39, 0.29) is 12.5 Å². The van der Waals surface area contributed by atoms with Crippen molar-refractivity contribution in [3.05, 3.63) is 23.8 Å². The lowest BCUT2D eigenvalue weighted by atomic mass is 10.1. The second kappa shape index (κ2) is 5.39. The summed E-state index contributed by atoms with van der Waals surface area (Å²) in [5.41, 5.74) is 7.28. The minimum absolute atomic E-state index is 0.144. The van der Waals surface area contributed by atoms with Gasteiger partial charge in [0, 0.05) is 26.7 Å². The second-order valence-electron chi connectivity index (χ2n) is 4.22. The number of nitrogen functional groups attached to an aromatic ring is 1. The predicted molar refractivity (Wildman–Crippen MR) is 69.8 cm³/mol. The summed E-state index contributed by atoms with van der Waals surface area (Å²) in [4.78, 5) is 25.3. The van der Waals surface area contributed by atoms with Crippen LogP contribution < -0.4 is 10.6 Å². The van der Waals surface area contributed by atoms with Gasteiger partial charge in [0.2, 0.25) is 0 Å². The Morgan fingerprint density at radius 2 is 1.89 bits per heavy atom. The van der Waals surface area contributed by atoms with Crippen molar-refractivity contribution in [2.75, 3.05) is 38.3 Å². The van der Waals surface area contributed by atoms with Crippen LogP contribution in [0.2, 0.25) is 0 Å². The number of carbonyl (C=O) groups is 2. The van der Waals surface area contributed by atoms with Gasteiger partial charge in [0.1, 0.15) is 6.54 Å². The summed E-state index contributed by atoms with van der Waals surface area (Å²) in [5, 5.41) is 8.71. The maximum absolute atomic E-state index is 11.7. The number of carbonyl (C=O) groups excluding carboxylic acids is 1. The van der Waals surface area contributed by atoms with Crippen molar-refractivity contribution >= 4 is 23.3 Å². The quantitative estimate of drug-likeness (QED) is 0.760. The molecule has 0 aliphatic carbocycles. The highest BCUT2D eigenvalue weighted by Crippen LogP contribution is 2.23. The van der Waals surface area contributed by atoms with Crippen LogP contribution in [0.1, 0.15) is 10.4 Å². The summed E-state index contributed by atoms with van der Waals surface area (Å²) in [6, 6.07) is 4.83. The topological polar surface area (TPSA) is 86.9 Å². The molecule has 0 atom stereocenters. The standard InChI is InChI=1S/C12H17N3O3/c1-14(2)12(18)8-4-5-10(9(13)6-8)15(3)7-11(16)17/h4-6H,7,13H2,1-3H3,(H,16,17). The number of hydrogen-bond acceptors (Lipinski definition) is 4. The summed E-state index contributed by atoms with van der Waals surface area (Å²) in [6.07, 6.45) is 0. The van der Waals surface area contributed by atoms with Crippen LogP contribution in [-0.2, 0) is 4.79 Å². The Hall–Kier alpha value is -2.24. The predicted octanol–water partition coefficient (Wildman–Crippen LogP) is 0.491. The zero-order valence-electron chi connectivity index (χ0n) is 10.7. The average molecular weight is 251 g/mol. The summed E-state index contributed by atoms with van der Waals surface area (Å²) in [6.45, 7) is -0.148. The van der Waals surface area contributed by atoms with Gasteiger partial charge in [0.05, 0.1) is 11.4 Å². The van der Waals surface area contributed by atoms with Crippen LogP contribution in [0.4, 0.5) is 11.4 Å². The van der Waals surface area contributed by atoms with Crippen molar-refractivity contribution in [2.24, 2.45) is 0 Å². The number of nitrogens with two attached hydrogens (primary N) is 1. The van der Waals surface area contributed by atoms with E-state index in [9.17, 15) is 9.59 Å². The van der Waals surface area contributed by atoms with Crippen LogP contribution in [0.25, 0.3) is 0 Å². The van der Waals surface area contributed by atoms with E-state index in [1.54, 1.807) is 39.3 Å². The molecule has 18 heavy (non-hydrogen) atoms. The number of hydrogen-bond donors (Lipinski definition) is 2. The molecule has 0 bridgehead atoms. The van der Waals surface area contributed by atoms with E-state index in [0.29, 0.717) is 16.9 Å². The first-order valence-corrected chi connectivity index (χ1v) is 5.37. The molecule has 0 unspecified atom stereocenters. The Morgan fingerprint density at radius 3 is 2.33 bits per heavy atom. The number of carboxylic acid groups (broad SMARTS) is 1. The lowest BCUT2D eigenvalue weighted by molar-refractivity contribution is -0.135. The molecule has 0 saturated heterocycles. The normalized spacial score (nSPS) is 9.94. The number of anilines is 2. The van der Waals surface area contributed by atoms with Gasteiger partial charge in [0.25, 0.3) is 5.91 Å². The van der Waals surface area contributed by atoms with E-state index in [1.165, 1.54) is 9.80 Å². The molecule has 1 aromatic rings. The average Bonchev–Trinajstić information content (AvgIpc) is 2.26. The summed E-state index contributed by atoms with van der Waals surface area (Å²) >= 11 is 0. The van der Waals surface area contributed by atoms with Gasteiger partial charge in [-0.05, 0) is 18.2 Å². The summed E-state index contributed by atoms with van der Waals surface area (Å²) < 4.78 is 0. The van der Waals surface area contributed by atoms with Crippen molar-refractivity contribution in [1.82, 2.24) is 4.90 Å². The lowest BCUT2D eigenvalue weighted by Gasteiger charge is -2.19. The maximum Gasteiger partial charge on any atom is 0.323 e. The number of rotatable bonds is 4. The van der Waals surface area contributed by atoms with Crippen LogP contribution in [0, 0.1) is 0 Å². The van der Waals surface area contributed by atoms with Crippen LogP contribution in [0.5, 0.6) is 0 Å². The molecule has 0 aliphatic rings. The molecular formula is C12H17N3O3. The van der Waals surface area contributed by atoms with Crippen LogP contribution >= 0.6 is 0 Å². The van der Waals surface area contributed by atoms with E-state index < -0.39 is 5.97 Å². The van der Waals surface area contributed by atoms with Gasteiger partial charge in [-0.1, -0.05) is 0 Å². The Labute approximate surface area is 106 Å². The fraction of sp³-hybridized carbons (Fsp3) is 0.333. The monoisotopic (exact) mass is 251 g/mol. The fourth-order valence-electron chi connectivity index (χ4n) is 1.58. The lowest BCUT2D eigenvalue weighted by Crippen LogP contribution is -2.26. The van der Waals surface area contributed by atoms with Gasteiger partial charge >= 0.3 is 5.97 Å². The first kappa shape index (κ1) is 13.8. The second-order valence-corrected chi connectivity index (χ2v) is 4.22. The van der Waals surface area contributed by atoms with Crippen molar-refractivity contribution in [2.45, 2.75) is 0 Å². The largest absolute Gasteiger partial charge is 0.480 e. The molecule has 0 radical (unpaired) electrons. The molecule has 3 N–H and O–H groups in total. The molecule has 1 aromatic carbocycles. The first-order valence-electron chi connectivity index (χ1n) is 5.37. The van der Waals surface area contributed by atoms with Crippen LogP contribution in [0.15, 0.2) is 18.2 Å². The summed E-state index contributed by atoms with van der Waals surface area (Å²) in [7, 11) is 4.94. The van der Waals surface area contributed by atoms with E-state index in [0.717, 1.165) is 0 Å². The highest BCUT2D eigenvalue weighted by Gasteiger charge is 2.13. The fourth-order valence-corrected chi connectivity index (χ4v) is 1.58. The van der Waals surface area contributed by atoms with E-state index in [1.807, 2.05) is 0 Å². The molecule has 6 heteroatoms. The molecule has 1 amide bonds. The highest BCUT2D eigenvalue weighted by atomic mass is 16.4. The third-order valence-corrected chi connectivity index (χ3v) is 2.46. The minimum atomic E-state index is -0.939. The first-order chi connectivity index (χ1) is 8.32. The van der Waals surface area contributed by atoms with E-state index in [4.69, 9.17) is 10.8 Å². The Morgan fingerprint density at radius 1 is 1.28 bits per heavy atom. The van der Waals surface area contributed by atoms with Gasteiger partial charge in [0.15, 0.2) is 0 Å². The van der Waals surface area contributed by atoms with Gasteiger partial charge < -0.3 is 20.6 Å². The molecule has 0 heterocycles. The molecule has 0 fully saturated rings. The molecular weight excluding hydrogens is 234 g/mol. The number of nitrogens with zero attached hydrogens (tertiary/aromatic N) is 2. The number of carboxylic acids is 1. The van der Waals surface area contributed by atoms with Crippen molar-refractivity contribution < 1.29 is 14.7 Å². The molecule has 98 valence electrons. The Bertz CT molecular complexity index is 472. The van der Waals surface area contributed by atoms with Crippen LogP contribution in [0.3, 0.4) is 0 Å². The van der Waals surface area contributed by atoms with Crippen molar-refractivity contribution in [1.29, 1.82) is 0 Å². The number of amides is 1. The molecule has 1 rings (SSSR count).